The molecule has 54 heavy (non-hydrogen) atoms. The minimum atomic E-state index is -1.73. The van der Waals surface area contributed by atoms with Gasteiger partial charge in [-0.25, -0.2) is 0 Å². The number of oxime groups is 1. The molecule has 0 aromatic heterocycles. The summed E-state index contributed by atoms with van der Waals surface area (Å²) in [4.78, 5) is 16.2. The maximum absolute atomic E-state index is 14.2. The number of hydrogen-bond acceptors (Lipinski definition) is 15. The van der Waals surface area contributed by atoms with Gasteiger partial charge in [0.2, 0.25) is 0 Å². The molecule has 0 bridgehead atoms. The van der Waals surface area contributed by atoms with Crippen molar-refractivity contribution < 1.29 is 63.6 Å². The lowest BCUT2D eigenvalue weighted by Gasteiger charge is -2.49. The first-order valence-electron chi connectivity index (χ1n) is 19.5. The zero-order valence-electron chi connectivity index (χ0n) is 35.5. The first-order chi connectivity index (χ1) is 25.0. The maximum Gasteiger partial charge on any atom is 0.311 e. The Kier molecular flexibility index (Phi) is 18.3. The van der Waals surface area contributed by atoms with Gasteiger partial charge >= 0.3 is 5.97 Å². The summed E-state index contributed by atoms with van der Waals surface area (Å²) in [5.41, 5.74) is -3.44. The lowest BCUT2D eigenvalue weighted by atomic mass is 9.77. The van der Waals surface area contributed by atoms with Crippen LogP contribution in [-0.4, -0.2) is 155 Å². The number of rotatable bonds is 20. The monoisotopic (exact) mass is 779 g/mol. The molecule has 0 aromatic carbocycles. The quantitative estimate of drug-likeness (QED) is 0.0521. The minimum Gasteiger partial charge on any atom is -0.459 e. The van der Waals surface area contributed by atoms with E-state index in [1.165, 1.54) is 14.0 Å². The molecule has 2 heterocycles. The van der Waals surface area contributed by atoms with Gasteiger partial charge in [0, 0.05) is 38.5 Å². The van der Waals surface area contributed by atoms with E-state index in [1.54, 1.807) is 48.7 Å². The summed E-state index contributed by atoms with van der Waals surface area (Å²) < 4.78 is 44.0. The van der Waals surface area contributed by atoms with Gasteiger partial charge < -0.3 is 63.7 Å². The van der Waals surface area contributed by atoms with Crippen LogP contribution >= 0.6 is 0 Å². The van der Waals surface area contributed by atoms with Crippen molar-refractivity contribution in [3.8, 4) is 0 Å². The second kappa shape index (κ2) is 20.3. The third-order valence-corrected chi connectivity index (χ3v) is 12.2. The van der Waals surface area contributed by atoms with Crippen molar-refractivity contribution in [3.05, 3.63) is 0 Å². The third-order valence-electron chi connectivity index (χ3n) is 12.2. The first kappa shape index (κ1) is 48.6. The Hall–Kier alpha value is -1.50. The smallest absolute Gasteiger partial charge is 0.311 e. The van der Waals surface area contributed by atoms with Crippen LogP contribution in [0.5, 0.6) is 0 Å². The Morgan fingerprint density at radius 1 is 1.06 bits per heavy atom. The van der Waals surface area contributed by atoms with Crippen LogP contribution in [0, 0.1) is 17.8 Å². The number of ether oxygens (including phenoxy) is 7. The predicted molar refractivity (Wildman–Crippen MR) is 202 cm³/mol. The van der Waals surface area contributed by atoms with Gasteiger partial charge in [0.1, 0.15) is 23.9 Å². The number of aliphatic hydroxyl groups excluding tert-OH is 3. The fourth-order valence-electron chi connectivity index (χ4n) is 8.06. The number of nitrogens with zero attached hydrogens (tertiary/aromatic N) is 2. The molecule has 2 saturated heterocycles. The van der Waals surface area contributed by atoms with E-state index in [1.807, 2.05) is 46.7 Å². The summed E-state index contributed by atoms with van der Waals surface area (Å²) in [5.74, 6) is -2.71. The molecule has 0 amide bonds. The van der Waals surface area contributed by atoms with Crippen molar-refractivity contribution in [2.45, 2.75) is 193 Å². The normalized spacial score (nSPS) is 34.5. The Morgan fingerprint density at radius 3 is 2.17 bits per heavy atom. The molecule has 2 aliphatic rings. The van der Waals surface area contributed by atoms with Gasteiger partial charge in [-0.3, -0.25) is 4.79 Å². The van der Waals surface area contributed by atoms with E-state index >= 15 is 0 Å². The van der Waals surface area contributed by atoms with Crippen LogP contribution in [0.2, 0.25) is 0 Å². The van der Waals surface area contributed by atoms with Crippen molar-refractivity contribution in [3.63, 3.8) is 0 Å². The summed E-state index contributed by atoms with van der Waals surface area (Å²) in [6, 6.07) is -0.278. The fraction of sp³-hybridized carbons (Fsp3) is 0.949. The van der Waals surface area contributed by atoms with E-state index < -0.39 is 89.9 Å². The molecular weight excluding hydrogens is 704 g/mol. The summed E-state index contributed by atoms with van der Waals surface area (Å²) in [6.07, 6.45) is -7.65. The van der Waals surface area contributed by atoms with Crippen LogP contribution in [0.3, 0.4) is 0 Å². The van der Waals surface area contributed by atoms with Crippen molar-refractivity contribution >= 4 is 11.7 Å². The number of carbonyl (C=O) groups excluding carboxylic acids is 1. The summed E-state index contributed by atoms with van der Waals surface area (Å²) in [5, 5.41) is 57.5. The van der Waals surface area contributed by atoms with E-state index in [0.717, 1.165) is 0 Å². The van der Waals surface area contributed by atoms with Crippen LogP contribution in [0.25, 0.3) is 0 Å². The highest BCUT2D eigenvalue weighted by Gasteiger charge is 2.52. The van der Waals surface area contributed by atoms with E-state index in [2.05, 4.69) is 5.16 Å². The van der Waals surface area contributed by atoms with Crippen LogP contribution in [0.4, 0.5) is 0 Å². The lowest BCUT2D eigenvalue weighted by molar-refractivity contribution is -0.319. The van der Waals surface area contributed by atoms with Gasteiger partial charge in [0.15, 0.2) is 12.6 Å². The Balaban J connectivity index is 2.74. The van der Waals surface area contributed by atoms with Crippen molar-refractivity contribution in [1.82, 2.24) is 4.90 Å². The van der Waals surface area contributed by atoms with E-state index in [9.17, 15) is 30.4 Å². The number of likely N-dealkylation sites (N-methyl/N-ethyl adjacent to an activating group) is 1. The lowest BCUT2D eigenvalue weighted by Crippen LogP contribution is -2.61. The topological polar surface area (TPSA) is 198 Å². The Bertz CT molecular complexity index is 1190. The van der Waals surface area contributed by atoms with Crippen LogP contribution in [0.1, 0.15) is 108 Å². The highest BCUT2D eigenvalue weighted by Crippen LogP contribution is 2.41. The molecule has 15 nitrogen and oxygen atoms in total. The average Bonchev–Trinajstić information content (AvgIpc) is 3.13. The summed E-state index contributed by atoms with van der Waals surface area (Å²) in [7, 11) is 6.82. The van der Waals surface area contributed by atoms with Gasteiger partial charge in [-0.1, -0.05) is 32.9 Å². The third kappa shape index (κ3) is 11.3. The molecule has 0 aromatic rings. The van der Waals surface area contributed by atoms with Gasteiger partial charge in [-0.05, 0) is 88.2 Å². The molecule has 0 radical (unpaired) electrons. The average molecular weight is 779 g/mol. The fourth-order valence-corrected chi connectivity index (χ4v) is 8.06. The van der Waals surface area contributed by atoms with E-state index in [-0.39, 0.29) is 37.3 Å². The van der Waals surface area contributed by atoms with Gasteiger partial charge in [0.05, 0.1) is 53.4 Å². The molecule has 318 valence electrons. The van der Waals surface area contributed by atoms with Crippen molar-refractivity contribution in [2.24, 2.45) is 22.9 Å². The maximum atomic E-state index is 14.2. The Morgan fingerprint density at radius 2 is 1.67 bits per heavy atom. The largest absolute Gasteiger partial charge is 0.459 e. The number of esters is 1. The van der Waals surface area contributed by atoms with E-state index in [4.69, 9.17) is 33.2 Å². The van der Waals surface area contributed by atoms with Gasteiger partial charge in [-0.15, -0.1) is 0 Å². The van der Waals surface area contributed by atoms with Gasteiger partial charge in [-0.2, -0.15) is 0 Å². The molecule has 0 saturated carbocycles. The molecule has 0 aliphatic carbocycles. The van der Waals surface area contributed by atoms with Gasteiger partial charge in [0.25, 0.3) is 0 Å². The second-order valence-corrected chi connectivity index (χ2v) is 16.7. The molecule has 2 rings (SSSR count). The zero-order valence-corrected chi connectivity index (χ0v) is 35.5. The summed E-state index contributed by atoms with van der Waals surface area (Å²) >= 11 is 0. The SMILES string of the molecule is CCC(O)[C@](C)(O)[C@@H](CC)OC(=O)[C@H](C)C(OC1CC(C)(OC)C(O)[C@H](C)O1)[C@H](C)C(OC1O[C@H](C)CC(N(C)C)C1O)C(C)(C[C@@H](C)/C(C)=N\O)OC. The van der Waals surface area contributed by atoms with Crippen molar-refractivity contribution in [1.29, 1.82) is 0 Å². The molecule has 17 atom stereocenters. The molecule has 10 unspecified atom stereocenters. The predicted octanol–water partition coefficient (Wildman–Crippen LogP) is 3.48. The zero-order chi connectivity index (χ0) is 41.5. The molecular formula is C39H74N2O13. The first-order valence-corrected chi connectivity index (χ1v) is 19.5. The molecule has 0 spiro atoms. The highest BCUT2D eigenvalue weighted by molar-refractivity contribution is 5.83. The number of hydrogen-bond donors (Lipinski definition) is 5. The van der Waals surface area contributed by atoms with Crippen LogP contribution in [0.15, 0.2) is 5.16 Å². The number of aliphatic hydroxyl groups is 4. The summed E-state index contributed by atoms with van der Waals surface area (Å²) in [6.45, 7) is 19.3. The van der Waals surface area contributed by atoms with E-state index in [0.29, 0.717) is 18.6 Å². The Labute approximate surface area is 323 Å². The number of carbonyl (C=O) groups is 1. The molecule has 15 heteroatoms. The second-order valence-electron chi connectivity index (χ2n) is 16.7. The molecule has 2 aliphatic heterocycles. The molecule has 2 fully saturated rings. The molecule has 5 N–H and O–H groups in total. The minimum absolute atomic E-state index is 0.123. The standard InChI is InChI=1S/C39H74N2O13/c1-16-28(42)39(11,46)29(17-2)52-35(45)24(6)32(53-30-20-37(9,48-14)33(44)26(8)51-30)23(5)34(38(10,49-15)19-21(3)25(7)40-47)54-36-31(43)27(41(12)13)18-22(4)50-36/h21-24,26-34,36,42-44,46-47H,16-20H2,1-15H3/b40-25-/t21-,22-,23+,24-,26+,27?,28?,29-,30?,31?,32?,33?,34?,36?,37?,38?,39+/m1/s1. The highest BCUT2D eigenvalue weighted by atomic mass is 16.7. The number of methoxy groups -OCH3 is 2. The van der Waals surface area contributed by atoms with Crippen molar-refractivity contribution in [2.75, 3.05) is 28.3 Å². The van der Waals surface area contributed by atoms with Crippen LogP contribution < -0.4 is 0 Å². The van der Waals surface area contributed by atoms with Crippen LogP contribution in [-0.2, 0) is 38.0 Å².